The van der Waals surface area contributed by atoms with Crippen molar-refractivity contribution in [2.75, 3.05) is 11.1 Å². The van der Waals surface area contributed by atoms with Gasteiger partial charge in [0.25, 0.3) is 5.91 Å². The first-order valence-electron chi connectivity index (χ1n) is 7.55. The van der Waals surface area contributed by atoms with Crippen LogP contribution in [0.5, 0.6) is 5.75 Å². The van der Waals surface area contributed by atoms with Crippen molar-refractivity contribution < 1.29 is 9.53 Å². The third kappa shape index (κ3) is 5.42. The van der Waals surface area contributed by atoms with Crippen molar-refractivity contribution in [1.29, 1.82) is 0 Å². The van der Waals surface area contributed by atoms with E-state index in [4.69, 9.17) is 10.5 Å². The summed E-state index contributed by atoms with van der Waals surface area (Å²) in [6.07, 6.45) is 0.892. The minimum atomic E-state index is -0.622. The number of halogens is 1. The summed E-state index contributed by atoms with van der Waals surface area (Å²) in [5.41, 5.74) is 7.29. The Bertz CT molecular complexity index is 681. The van der Waals surface area contributed by atoms with E-state index in [1.165, 1.54) is 6.20 Å². The molecule has 5 nitrogen and oxygen atoms in total. The molecule has 130 valence electrons. The third-order valence-corrected chi connectivity index (χ3v) is 3.44. The lowest BCUT2D eigenvalue weighted by molar-refractivity contribution is -0.122. The fraction of sp³-hybridized carbons (Fsp3) is 0.333. The molecular formula is C18H24ClN3O2. The molecule has 0 fully saturated rings. The van der Waals surface area contributed by atoms with Crippen LogP contribution in [-0.4, -0.2) is 17.0 Å². The molecular weight excluding hydrogens is 326 g/mol. The first kappa shape index (κ1) is 19.8. The Balaban J connectivity index is 0.00000288. The first-order valence-corrected chi connectivity index (χ1v) is 7.55. The first-order chi connectivity index (χ1) is 10.8. The molecule has 0 aliphatic rings. The van der Waals surface area contributed by atoms with Gasteiger partial charge >= 0.3 is 0 Å². The molecule has 0 saturated heterocycles. The van der Waals surface area contributed by atoms with Crippen LogP contribution >= 0.6 is 12.4 Å². The van der Waals surface area contributed by atoms with Gasteiger partial charge in [-0.15, -0.1) is 12.4 Å². The SMILES string of the molecule is CC(Oc1cccc(C(C)(C)C)c1)C(=O)Nc1ccc(N)nc1.Cl. The Hall–Kier alpha value is -2.27. The van der Waals surface area contributed by atoms with Crippen molar-refractivity contribution in [2.45, 2.75) is 39.2 Å². The highest BCUT2D eigenvalue weighted by atomic mass is 35.5. The summed E-state index contributed by atoms with van der Waals surface area (Å²) in [7, 11) is 0. The topological polar surface area (TPSA) is 77.2 Å². The van der Waals surface area contributed by atoms with Crippen LogP contribution in [0, 0.1) is 0 Å². The summed E-state index contributed by atoms with van der Waals surface area (Å²) in [6, 6.07) is 11.1. The number of benzene rings is 1. The molecule has 1 heterocycles. The lowest BCUT2D eigenvalue weighted by Gasteiger charge is -2.21. The lowest BCUT2D eigenvalue weighted by Crippen LogP contribution is -2.30. The van der Waals surface area contributed by atoms with Crippen LogP contribution in [0.3, 0.4) is 0 Å². The molecule has 0 aliphatic carbocycles. The molecule has 1 aromatic carbocycles. The van der Waals surface area contributed by atoms with Gasteiger partial charge in [0.1, 0.15) is 11.6 Å². The van der Waals surface area contributed by atoms with Gasteiger partial charge in [0.15, 0.2) is 6.10 Å². The van der Waals surface area contributed by atoms with Crippen molar-refractivity contribution in [3.05, 3.63) is 48.2 Å². The summed E-state index contributed by atoms with van der Waals surface area (Å²) in [5, 5.41) is 2.75. The van der Waals surface area contributed by atoms with E-state index in [9.17, 15) is 4.79 Å². The number of anilines is 2. The molecule has 0 bridgehead atoms. The predicted molar refractivity (Wildman–Crippen MR) is 99.8 cm³/mol. The molecule has 24 heavy (non-hydrogen) atoms. The van der Waals surface area contributed by atoms with E-state index >= 15 is 0 Å². The van der Waals surface area contributed by atoms with Crippen LogP contribution in [-0.2, 0) is 10.2 Å². The fourth-order valence-electron chi connectivity index (χ4n) is 2.02. The van der Waals surface area contributed by atoms with Gasteiger partial charge in [-0.25, -0.2) is 4.98 Å². The number of nitrogens with zero attached hydrogens (tertiary/aromatic N) is 1. The highest BCUT2D eigenvalue weighted by Crippen LogP contribution is 2.26. The number of ether oxygens (including phenoxy) is 1. The lowest BCUT2D eigenvalue weighted by atomic mass is 9.87. The maximum absolute atomic E-state index is 12.2. The minimum Gasteiger partial charge on any atom is -0.481 e. The average molecular weight is 350 g/mol. The maximum atomic E-state index is 12.2. The molecule has 0 saturated carbocycles. The minimum absolute atomic E-state index is 0. The van der Waals surface area contributed by atoms with Gasteiger partial charge in [-0.2, -0.15) is 0 Å². The molecule has 1 unspecified atom stereocenters. The number of aromatic nitrogens is 1. The molecule has 0 aliphatic heterocycles. The molecule has 2 rings (SSSR count). The van der Waals surface area contributed by atoms with Gasteiger partial charge in [0, 0.05) is 0 Å². The molecule has 0 radical (unpaired) electrons. The standard InChI is InChI=1S/C18H23N3O2.ClH/c1-12(17(22)21-14-8-9-16(19)20-11-14)23-15-7-5-6-13(10-15)18(2,3)4;/h5-12H,1-4H3,(H2,19,20)(H,21,22);1H. The molecule has 0 spiro atoms. The molecule has 1 aromatic heterocycles. The zero-order valence-electron chi connectivity index (χ0n) is 14.4. The van der Waals surface area contributed by atoms with Crippen LogP contribution in [0.1, 0.15) is 33.3 Å². The largest absolute Gasteiger partial charge is 0.481 e. The Morgan fingerprint density at radius 1 is 1.25 bits per heavy atom. The normalized spacial score (nSPS) is 12.0. The van der Waals surface area contributed by atoms with Crippen LogP contribution in [0.4, 0.5) is 11.5 Å². The fourth-order valence-corrected chi connectivity index (χ4v) is 2.02. The number of carbonyl (C=O) groups excluding carboxylic acids is 1. The van der Waals surface area contributed by atoms with Crippen molar-refractivity contribution in [1.82, 2.24) is 4.98 Å². The van der Waals surface area contributed by atoms with E-state index < -0.39 is 6.10 Å². The number of nitrogens with two attached hydrogens (primary N) is 1. The van der Waals surface area contributed by atoms with Crippen molar-refractivity contribution >= 4 is 29.8 Å². The highest BCUT2D eigenvalue weighted by Gasteiger charge is 2.17. The Kier molecular flexibility index (Phi) is 6.60. The Morgan fingerprint density at radius 2 is 1.96 bits per heavy atom. The summed E-state index contributed by atoms with van der Waals surface area (Å²) < 4.78 is 5.75. The van der Waals surface area contributed by atoms with E-state index in [0.29, 0.717) is 17.3 Å². The smallest absolute Gasteiger partial charge is 0.265 e. The zero-order valence-corrected chi connectivity index (χ0v) is 15.2. The van der Waals surface area contributed by atoms with E-state index in [1.54, 1.807) is 19.1 Å². The number of hydrogen-bond acceptors (Lipinski definition) is 4. The second-order valence-corrected chi connectivity index (χ2v) is 6.50. The van der Waals surface area contributed by atoms with E-state index in [0.717, 1.165) is 5.56 Å². The van der Waals surface area contributed by atoms with Gasteiger partial charge in [-0.3, -0.25) is 4.79 Å². The van der Waals surface area contributed by atoms with Crippen LogP contribution < -0.4 is 15.8 Å². The second-order valence-electron chi connectivity index (χ2n) is 6.50. The Morgan fingerprint density at radius 3 is 2.54 bits per heavy atom. The van der Waals surface area contributed by atoms with Crippen molar-refractivity contribution in [3.63, 3.8) is 0 Å². The molecule has 2 aromatic rings. The number of rotatable bonds is 4. The number of carbonyl (C=O) groups is 1. The van der Waals surface area contributed by atoms with Crippen LogP contribution in [0.25, 0.3) is 0 Å². The summed E-state index contributed by atoms with van der Waals surface area (Å²) in [4.78, 5) is 16.1. The van der Waals surface area contributed by atoms with Crippen LogP contribution in [0.2, 0.25) is 0 Å². The third-order valence-electron chi connectivity index (χ3n) is 3.44. The number of nitrogens with one attached hydrogen (secondary N) is 1. The summed E-state index contributed by atoms with van der Waals surface area (Å²) >= 11 is 0. The predicted octanol–water partition coefficient (Wildman–Crippen LogP) is 3.79. The van der Waals surface area contributed by atoms with E-state index in [2.05, 4.69) is 37.1 Å². The summed E-state index contributed by atoms with van der Waals surface area (Å²) in [5.74, 6) is 0.847. The van der Waals surface area contributed by atoms with Gasteiger partial charge in [-0.1, -0.05) is 32.9 Å². The molecule has 1 amide bonds. The van der Waals surface area contributed by atoms with E-state index in [1.807, 2.05) is 18.2 Å². The average Bonchev–Trinajstić information content (AvgIpc) is 2.49. The Labute approximate surface area is 149 Å². The second kappa shape index (κ2) is 8.02. The number of amides is 1. The zero-order chi connectivity index (χ0) is 17.0. The van der Waals surface area contributed by atoms with E-state index in [-0.39, 0.29) is 23.7 Å². The number of hydrogen-bond donors (Lipinski definition) is 2. The number of pyridine rings is 1. The van der Waals surface area contributed by atoms with Gasteiger partial charge in [0.2, 0.25) is 0 Å². The highest BCUT2D eigenvalue weighted by molar-refractivity contribution is 5.94. The number of nitrogen functional groups attached to an aromatic ring is 1. The van der Waals surface area contributed by atoms with Crippen LogP contribution in [0.15, 0.2) is 42.6 Å². The maximum Gasteiger partial charge on any atom is 0.265 e. The van der Waals surface area contributed by atoms with Gasteiger partial charge < -0.3 is 15.8 Å². The molecule has 3 N–H and O–H groups in total. The monoisotopic (exact) mass is 349 g/mol. The summed E-state index contributed by atoms with van der Waals surface area (Å²) in [6.45, 7) is 8.12. The molecule has 6 heteroatoms. The quantitative estimate of drug-likeness (QED) is 0.880. The molecule has 1 atom stereocenters. The van der Waals surface area contributed by atoms with Gasteiger partial charge in [-0.05, 0) is 42.2 Å². The van der Waals surface area contributed by atoms with Crippen molar-refractivity contribution in [3.8, 4) is 5.75 Å². The van der Waals surface area contributed by atoms with Gasteiger partial charge in [0.05, 0.1) is 11.9 Å². The van der Waals surface area contributed by atoms with Crippen molar-refractivity contribution in [2.24, 2.45) is 0 Å².